The molecule has 0 spiro atoms. The summed E-state index contributed by atoms with van der Waals surface area (Å²) < 4.78 is 15.1. The molecule has 0 aliphatic carbocycles. The third-order valence-electron chi connectivity index (χ3n) is 3.28. The molecule has 2 aromatic rings. The molecule has 1 aliphatic rings. The van der Waals surface area contributed by atoms with Gasteiger partial charge in [-0.05, 0) is 18.2 Å². The fraction of sp³-hybridized carbons (Fsp3) is 0.231. The number of fused-ring (bicyclic) bond motifs is 3. The fourth-order valence-electron chi connectivity index (χ4n) is 2.31. The molecular formula is C13H12FN3O2. The molecule has 0 saturated heterocycles. The van der Waals surface area contributed by atoms with Gasteiger partial charge in [0.15, 0.2) is 0 Å². The number of hydrogen-bond acceptors (Lipinski definition) is 3. The van der Waals surface area contributed by atoms with Gasteiger partial charge in [0.05, 0.1) is 42.1 Å². The van der Waals surface area contributed by atoms with Gasteiger partial charge in [-0.1, -0.05) is 0 Å². The van der Waals surface area contributed by atoms with Crippen molar-refractivity contribution in [3.8, 4) is 5.69 Å². The first-order valence-corrected chi connectivity index (χ1v) is 5.83. The van der Waals surface area contributed by atoms with E-state index < -0.39 is 5.82 Å². The van der Waals surface area contributed by atoms with Crippen LogP contribution in [0.5, 0.6) is 0 Å². The first-order valence-electron chi connectivity index (χ1n) is 5.83. The van der Waals surface area contributed by atoms with E-state index in [1.165, 1.54) is 17.0 Å². The van der Waals surface area contributed by atoms with Gasteiger partial charge in [-0.3, -0.25) is 4.79 Å². The van der Waals surface area contributed by atoms with E-state index >= 15 is 0 Å². The molecule has 1 aliphatic heterocycles. The van der Waals surface area contributed by atoms with Crippen molar-refractivity contribution >= 4 is 5.91 Å². The minimum Gasteiger partial charge on any atom is -0.390 e. The molecule has 1 aromatic heterocycles. The van der Waals surface area contributed by atoms with E-state index in [0.29, 0.717) is 23.5 Å². The number of carbonyl (C=O) groups excluding carboxylic acids is 1. The minimum absolute atomic E-state index is 0.194. The van der Waals surface area contributed by atoms with Crippen molar-refractivity contribution < 1.29 is 14.3 Å². The lowest BCUT2D eigenvalue weighted by Gasteiger charge is -2.14. The van der Waals surface area contributed by atoms with Gasteiger partial charge >= 0.3 is 0 Å². The Hall–Kier alpha value is -2.21. The molecule has 3 rings (SSSR count). The zero-order valence-electron chi connectivity index (χ0n) is 10.3. The second-order valence-electron chi connectivity index (χ2n) is 4.49. The Kier molecular flexibility index (Phi) is 2.60. The average Bonchev–Trinajstić information content (AvgIpc) is 2.76. The Morgan fingerprint density at radius 2 is 2.26 bits per heavy atom. The molecule has 0 unspecified atom stereocenters. The van der Waals surface area contributed by atoms with Crippen molar-refractivity contribution in [2.24, 2.45) is 0 Å². The van der Waals surface area contributed by atoms with E-state index in [1.807, 2.05) is 0 Å². The summed E-state index contributed by atoms with van der Waals surface area (Å²) in [6.45, 7) is 0.131. The Morgan fingerprint density at radius 3 is 3.00 bits per heavy atom. The number of nitrogens with zero attached hydrogens (tertiary/aromatic N) is 3. The van der Waals surface area contributed by atoms with Crippen molar-refractivity contribution in [3.05, 3.63) is 47.3 Å². The lowest BCUT2D eigenvalue weighted by atomic mass is 10.1. The van der Waals surface area contributed by atoms with Gasteiger partial charge in [-0.15, -0.1) is 0 Å². The summed E-state index contributed by atoms with van der Waals surface area (Å²) in [7, 11) is 1.64. The highest BCUT2D eigenvalue weighted by molar-refractivity contribution is 5.98. The zero-order valence-corrected chi connectivity index (χ0v) is 10.3. The van der Waals surface area contributed by atoms with Crippen LogP contribution in [0.15, 0.2) is 24.5 Å². The third-order valence-corrected chi connectivity index (χ3v) is 3.28. The first-order chi connectivity index (χ1) is 9.11. The van der Waals surface area contributed by atoms with Crippen LogP contribution >= 0.6 is 0 Å². The summed E-state index contributed by atoms with van der Waals surface area (Å²) >= 11 is 0. The van der Waals surface area contributed by atoms with Crippen LogP contribution in [0.4, 0.5) is 4.39 Å². The lowest BCUT2D eigenvalue weighted by Crippen LogP contribution is -2.25. The molecule has 0 fully saturated rings. The number of aliphatic hydroxyl groups excluding tert-OH is 1. The Morgan fingerprint density at radius 1 is 1.47 bits per heavy atom. The monoisotopic (exact) mass is 261 g/mol. The SMILES string of the molecule is CN1Cc2c(CO)ncn2-c2ccc(F)cc2C1=O. The molecule has 5 nitrogen and oxygen atoms in total. The fourth-order valence-corrected chi connectivity index (χ4v) is 2.31. The molecule has 1 amide bonds. The van der Waals surface area contributed by atoms with Crippen LogP contribution in [-0.2, 0) is 13.2 Å². The van der Waals surface area contributed by atoms with E-state index in [4.69, 9.17) is 0 Å². The van der Waals surface area contributed by atoms with E-state index in [1.54, 1.807) is 24.0 Å². The highest BCUT2D eigenvalue weighted by Crippen LogP contribution is 2.26. The van der Waals surface area contributed by atoms with Crippen LogP contribution < -0.4 is 0 Å². The molecule has 1 N–H and O–H groups in total. The third kappa shape index (κ3) is 1.72. The summed E-state index contributed by atoms with van der Waals surface area (Å²) in [6, 6.07) is 4.08. The normalized spacial score (nSPS) is 14.1. The van der Waals surface area contributed by atoms with Gasteiger partial charge < -0.3 is 14.6 Å². The number of hydrogen-bond donors (Lipinski definition) is 1. The summed E-state index contributed by atoms with van der Waals surface area (Å²) in [6.07, 6.45) is 1.55. The number of rotatable bonds is 1. The van der Waals surface area contributed by atoms with E-state index in [9.17, 15) is 14.3 Å². The van der Waals surface area contributed by atoms with E-state index in [-0.39, 0.29) is 12.5 Å². The number of amides is 1. The Balaban J connectivity index is 2.30. The van der Waals surface area contributed by atoms with Crippen molar-refractivity contribution in [1.82, 2.24) is 14.5 Å². The number of halogens is 1. The van der Waals surface area contributed by atoms with E-state index in [2.05, 4.69) is 4.98 Å². The summed E-state index contributed by atoms with van der Waals surface area (Å²) in [4.78, 5) is 17.8. The van der Waals surface area contributed by atoms with Crippen molar-refractivity contribution in [1.29, 1.82) is 0 Å². The molecule has 1 aromatic carbocycles. The van der Waals surface area contributed by atoms with Crippen molar-refractivity contribution in [2.45, 2.75) is 13.2 Å². The van der Waals surface area contributed by atoms with Crippen LogP contribution in [-0.4, -0.2) is 32.5 Å². The van der Waals surface area contributed by atoms with Gasteiger partial charge in [0.2, 0.25) is 0 Å². The topological polar surface area (TPSA) is 58.4 Å². The van der Waals surface area contributed by atoms with Gasteiger partial charge in [0, 0.05) is 7.05 Å². The van der Waals surface area contributed by atoms with Gasteiger partial charge in [0.25, 0.3) is 5.91 Å². The number of aliphatic hydroxyl groups is 1. The maximum atomic E-state index is 13.3. The smallest absolute Gasteiger partial charge is 0.256 e. The molecule has 2 heterocycles. The van der Waals surface area contributed by atoms with Crippen molar-refractivity contribution in [2.75, 3.05) is 7.05 Å². The molecule has 19 heavy (non-hydrogen) atoms. The largest absolute Gasteiger partial charge is 0.390 e. The number of benzene rings is 1. The number of carbonyl (C=O) groups is 1. The highest BCUT2D eigenvalue weighted by atomic mass is 19.1. The first kappa shape index (κ1) is 11.9. The molecule has 0 saturated carbocycles. The van der Waals surface area contributed by atoms with Crippen LogP contribution in [0, 0.1) is 5.82 Å². The van der Waals surface area contributed by atoms with E-state index in [0.717, 1.165) is 5.69 Å². The number of imidazole rings is 1. The van der Waals surface area contributed by atoms with Crippen molar-refractivity contribution in [3.63, 3.8) is 0 Å². The summed E-state index contributed by atoms with van der Waals surface area (Å²) in [5, 5.41) is 9.28. The maximum absolute atomic E-state index is 13.3. The second kappa shape index (κ2) is 4.17. The van der Waals surface area contributed by atoms with Gasteiger partial charge in [-0.25, -0.2) is 9.37 Å². The molecule has 0 radical (unpaired) electrons. The summed E-state index contributed by atoms with van der Waals surface area (Å²) in [5.74, 6) is -0.700. The standard InChI is InChI=1S/C13H12FN3O2/c1-16-5-12-10(6-18)15-7-17(12)11-3-2-8(14)4-9(11)13(16)19/h2-4,7,18H,5-6H2,1H3. The van der Waals surface area contributed by atoms with Crippen LogP contribution in [0.3, 0.4) is 0 Å². The maximum Gasteiger partial charge on any atom is 0.256 e. The molecule has 0 atom stereocenters. The van der Waals surface area contributed by atoms with Gasteiger partial charge in [0.1, 0.15) is 5.82 Å². The molecular weight excluding hydrogens is 249 g/mol. The van der Waals surface area contributed by atoms with Crippen LogP contribution in [0.2, 0.25) is 0 Å². The highest BCUT2D eigenvalue weighted by Gasteiger charge is 2.26. The van der Waals surface area contributed by atoms with Gasteiger partial charge in [-0.2, -0.15) is 0 Å². The minimum atomic E-state index is -0.452. The zero-order chi connectivity index (χ0) is 13.6. The number of aromatic nitrogens is 2. The Bertz CT molecular complexity index is 666. The predicted octanol–water partition coefficient (Wildman–Crippen LogP) is 1.09. The quantitative estimate of drug-likeness (QED) is 0.836. The molecule has 0 bridgehead atoms. The second-order valence-corrected chi connectivity index (χ2v) is 4.49. The predicted molar refractivity (Wildman–Crippen MR) is 65.2 cm³/mol. The average molecular weight is 261 g/mol. The van der Waals surface area contributed by atoms with Crippen LogP contribution in [0.1, 0.15) is 21.7 Å². The molecule has 98 valence electrons. The Labute approximate surface area is 108 Å². The lowest BCUT2D eigenvalue weighted by molar-refractivity contribution is 0.0786. The molecule has 6 heteroatoms. The summed E-state index contributed by atoms with van der Waals surface area (Å²) in [5.41, 5.74) is 2.14. The van der Waals surface area contributed by atoms with Crippen LogP contribution in [0.25, 0.3) is 5.69 Å².